The standard InChI is InChI=1S/C27H28ClN7O2.C26H26ClN7O2.C21H17ClN6O2/c1-32(19-5-3-6-19)16-4-7-23(36)33(2)20-12-14-22(15-13-20)35-26-24(25(29)30-17-31-26)34(27(35)37)21-10-8-18(28)9-11-21;1-31(18-9-10-18)15-3-4-22(35)32(2)19-11-13-21(14-12-19)34-25-23(24(28)29-16-30-25)33(26(34)36)20-7-5-17(27)6-8-20;1-3-17(29)26(2)14-8-10-16(11-9-14)28-20-18(19(23)24-12-25-20)27(21(28)30)15-6-4-13(22)5-7-15/h4,7-15,17,19H,3,5-6,16H2,1-2H3,(H2,29,30,31);3-8,11-14,16,18H,9-10,15H2,1-2H3,(H2,28,29,30);3-12H,1H2,2H3,(H2,23,24,25)/b7-4+;4-3+;. The van der Waals surface area contributed by atoms with Crippen molar-refractivity contribution in [2.75, 3.05) is 80.2 Å². The number of carbonyl (C=O) groups excluding carboxylic acids is 3. The summed E-state index contributed by atoms with van der Waals surface area (Å²) in [4.78, 5) is 112. The lowest BCUT2D eigenvalue weighted by atomic mass is 9.92. The summed E-state index contributed by atoms with van der Waals surface area (Å²) < 4.78 is 8.78. The number of halogens is 3. The van der Waals surface area contributed by atoms with E-state index < -0.39 is 0 Å². The molecule has 6 N–H and O–H groups in total. The molecule has 103 heavy (non-hydrogen) atoms. The van der Waals surface area contributed by atoms with Crippen LogP contribution >= 0.6 is 34.8 Å². The molecule has 12 aromatic rings. The van der Waals surface area contributed by atoms with Gasteiger partial charge in [0, 0.05) is 90.6 Å². The molecule has 6 aromatic carbocycles. The third-order valence-electron chi connectivity index (χ3n) is 18.0. The number of aromatic nitrogens is 12. The molecular weight excluding hydrogens is 1370 g/mol. The van der Waals surface area contributed by atoms with Crippen molar-refractivity contribution in [2.45, 2.75) is 44.2 Å². The lowest BCUT2D eigenvalue weighted by Crippen LogP contribution is -2.37. The minimum absolute atomic E-state index is 0.119. The van der Waals surface area contributed by atoms with Crippen LogP contribution in [0.25, 0.3) is 67.6 Å². The molecule has 2 aliphatic carbocycles. The first kappa shape index (κ1) is 71.0. The fraction of sp³-hybridized carbons (Fsp3) is 0.189. The van der Waals surface area contributed by atoms with E-state index in [0.29, 0.717) is 112 Å². The van der Waals surface area contributed by atoms with Crippen LogP contribution in [0.2, 0.25) is 15.1 Å². The maximum Gasteiger partial charge on any atom is 0.339 e. The Morgan fingerprint density at radius 2 is 0.670 bits per heavy atom. The van der Waals surface area contributed by atoms with Gasteiger partial charge in [0.2, 0.25) is 17.7 Å². The smallest absolute Gasteiger partial charge is 0.339 e. The molecule has 3 amide bonds. The van der Waals surface area contributed by atoms with Gasteiger partial charge in [-0.15, -0.1) is 0 Å². The number of carbonyl (C=O) groups is 3. The molecule has 0 bridgehead atoms. The zero-order valence-corrected chi connectivity index (χ0v) is 59.0. The average molecular weight is 1440 g/mol. The first-order valence-electron chi connectivity index (χ1n) is 32.6. The fourth-order valence-corrected chi connectivity index (χ4v) is 12.2. The first-order valence-corrected chi connectivity index (χ1v) is 33.8. The van der Waals surface area contributed by atoms with Crippen molar-refractivity contribution in [1.82, 2.24) is 67.1 Å². The summed E-state index contributed by atoms with van der Waals surface area (Å²) in [5.41, 5.74) is 25.3. The number of amides is 3. The number of imidazole rings is 3. The van der Waals surface area contributed by atoms with Crippen molar-refractivity contribution >= 4 is 121 Å². The highest BCUT2D eigenvalue weighted by Gasteiger charge is 2.27. The number of nitrogens with zero attached hydrogens (tertiary/aromatic N) is 17. The van der Waals surface area contributed by atoms with Crippen molar-refractivity contribution < 1.29 is 14.4 Å². The van der Waals surface area contributed by atoms with Crippen LogP contribution in [0.3, 0.4) is 0 Å². The van der Waals surface area contributed by atoms with Crippen LogP contribution < -0.4 is 49.0 Å². The topological polar surface area (TPSA) is 304 Å². The summed E-state index contributed by atoms with van der Waals surface area (Å²) in [5, 5.41) is 1.66. The molecule has 2 fully saturated rings. The molecule has 0 aliphatic heterocycles. The zero-order valence-electron chi connectivity index (χ0n) is 56.7. The van der Waals surface area contributed by atoms with E-state index in [9.17, 15) is 28.8 Å². The Bertz CT molecular complexity index is 5410. The molecule has 14 rings (SSSR count). The summed E-state index contributed by atoms with van der Waals surface area (Å²) in [6.07, 6.45) is 18.4. The molecule has 0 unspecified atom stereocenters. The SMILES string of the molecule is C=CC(=O)N(C)c1ccc(-n2c(=O)n(-c3ccc(Cl)cc3)c3c(N)ncnc32)cc1.CN(C(=O)/C=C/CN(C)C1CC1)c1ccc(-n2c(=O)n(-c3ccc(Cl)cc3)c3c(N)ncnc32)cc1.CN(C(=O)/C=C/CN(C)C1CCC1)c1ccc(-n2c(=O)n(-c3ccc(Cl)cc3)c3c(N)ncnc32)cc1. The maximum atomic E-state index is 13.6. The van der Waals surface area contributed by atoms with Crippen molar-refractivity contribution in [2.24, 2.45) is 0 Å². The minimum Gasteiger partial charge on any atom is -0.382 e. The first-order chi connectivity index (χ1) is 49.6. The van der Waals surface area contributed by atoms with Crippen LogP contribution in [0.5, 0.6) is 0 Å². The minimum atomic E-state index is -0.359. The largest absolute Gasteiger partial charge is 0.382 e. The summed E-state index contributed by atoms with van der Waals surface area (Å²) in [7, 11) is 9.25. The predicted octanol–water partition coefficient (Wildman–Crippen LogP) is 10.2. The zero-order chi connectivity index (χ0) is 72.9. The number of benzene rings is 6. The van der Waals surface area contributed by atoms with Crippen LogP contribution in [-0.4, -0.2) is 145 Å². The van der Waals surface area contributed by atoms with Gasteiger partial charge in [-0.3, -0.25) is 37.9 Å². The molecule has 26 nitrogen and oxygen atoms in total. The Labute approximate surface area is 605 Å². The van der Waals surface area contributed by atoms with Crippen LogP contribution in [0.1, 0.15) is 32.1 Å². The molecular formula is C74H71Cl3N20O6. The molecule has 2 aliphatic rings. The van der Waals surface area contributed by atoms with Gasteiger partial charge in [0.15, 0.2) is 34.4 Å². The van der Waals surface area contributed by atoms with Gasteiger partial charge in [0.05, 0.1) is 34.1 Å². The number of anilines is 6. The van der Waals surface area contributed by atoms with Gasteiger partial charge < -0.3 is 31.9 Å². The fourth-order valence-electron chi connectivity index (χ4n) is 11.8. The van der Waals surface area contributed by atoms with E-state index in [4.69, 9.17) is 52.0 Å². The quantitative estimate of drug-likeness (QED) is 0.0673. The van der Waals surface area contributed by atoms with E-state index in [1.165, 1.54) is 89.5 Å². The highest BCUT2D eigenvalue weighted by molar-refractivity contribution is 6.31. The van der Waals surface area contributed by atoms with Gasteiger partial charge in [-0.05, 0) is 191 Å². The van der Waals surface area contributed by atoms with Crippen LogP contribution in [0.4, 0.5) is 34.5 Å². The second-order valence-electron chi connectivity index (χ2n) is 24.5. The van der Waals surface area contributed by atoms with E-state index in [-0.39, 0.29) is 52.2 Å². The summed E-state index contributed by atoms with van der Waals surface area (Å²) in [6, 6.07) is 43.0. The van der Waals surface area contributed by atoms with Crippen molar-refractivity contribution in [3.05, 3.63) is 248 Å². The number of nitrogen functional groups attached to an aromatic ring is 3. The second-order valence-corrected chi connectivity index (χ2v) is 25.8. The Morgan fingerprint density at radius 1 is 0.408 bits per heavy atom. The molecule has 2 saturated carbocycles. The third-order valence-corrected chi connectivity index (χ3v) is 18.8. The highest BCUT2D eigenvalue weighted by Crippen LogP contribution is 2.31. The van der Waals surface area contributed by atoms with Crippen LogP contribution in [0.15, 0.2) is 216 Å². The van der Waals surface area contributed by atoms with E-state index >= 15 is 0 Å². The Morgan fingerprint density at radius 3 is 0.932 bits per heavy atom. The van der Waals surface area contributed by atoms with Crippen molar-refractivity contribution in [3.8, 4) is 34.1 Å². The predicted molar refractivity (Wildman–Crippen MR) is 406 cm³/mol. The number of nitrogens with two attached hydrogens (primary N) is 3. The summed E-state index contributed by atoms with van der Waals surface area (Å²) in [5.74, 6) is 0.0774. The third kappa shape index (κ3) is 14.9. The Balaban J connectivity index is 0.000000146. The van der Waals surface area contributed by atoms with E-state index in [1.54, 1.807) is 189 Å². The average Bonchev–Trinajstić information content (AvgIpc) is 1.61. The van der Waals surface area contributed by atoms with Crippen molar-refractivity contribution in [3.63, 3.8) is 0 Å². The number of hydrogen-bond acceptors (Lipinski definition) is 17. The Hall–Kier alpha value is -11.8. The monoisotopic (exact) mass is 1440 g/mol. The Kier molecular flexibility index (Phi) is 21.1. The molecule has 6 heterocycles. The van der Waals surface area contributed by atoms with Gasteiger partial charge in [-0.2, -0.15) is 0 Å². The van der Waals surface area contributed by atoms with Crippen LogP contribution in [-0.2, 0) is 14.4 Å². The number of rotatable bonds is 18. The maximum absolute atomic E-state index is 13.6. The lowest BCUT2D eigenvalue weighted by molar-refractivity contribution is -0.114. The molecule has 0 atom stereocenters. The van der Waals surface area contributed by atoms with Gasteiger partial charge in [0.1, 0.15) is 35.5 Å². The van der Waals surface area contributed by atoms with Gasteiger partial charge in [-0.1, -0.05) is 60.0 Å². The number of fused-ring (bicyclic) bond motifs is 3. The highest BCUT2D eigenvalue weighted by atomic mass is 35.5. The number of likely N-dealkylation sites (N-methyl/N-ethyl adjacent to an activating group) is 5. The second kappa shape index (κ2) is 30.6. The molecule has 0 spiro atoms. The summed E-state index contributed by atoms with van der Waals surface area (Å²) >= 11 is 18.1. The lowest BCUT2D eigenvalue weighted by Gasteiger charge is -2.33. The normalized spacial score (nSPS) is 13.0. The van der Waals surface area contributed by atoms with Gasteiger partial charge in [-0.25, -0.2) is 58.0 Å². The van der Waals surface area contributed by atoms with Gasteiger partial charge >= 0.3 is 17.1 Å². The van der Waals surface area contributed by atoms with E-state index in [1.807, 2.05) is 12.2 Å². The number of hydrogen-bond donors (Lipinski definition) is 3. The molecule has 0 radical (unpaired) electrons. The van der Waals surface area contributed by atoms with E-state index in [0.717, 1.165) is 13.1 Å². The molecule has 6 aromatic heterocycles. The van der Waals surface area contributed by atoms with Crippen molar-refractivity contribution in [1.29, 1.82) is 0 Å². The molecule has 29 heteroatoms. The van der Waals surface area contributed by atoms with E-state index in [2.05, 4.69) is 60.4 Å². The molecule has 524 valence electrons. The molecule has 0 saturated heterocycles. The van der Waals surface area contributed by atoms with Crippen LogP contribution in [0, 0.1) is 0 Å². The summed E-state index contributed by atoms with van der Waals surface area (Å²) in [6.45, 7) is 4.98. The van der Waals surface area contributed by atoms with Gasteiger partial charge in [0.25, 0.3) is 0 Å².